The number of piperidine rings is 1. The van der Waals surface area contributed by atoms with Crippen molar-refractivity contribution in [1.29, 1.82) is 0 Å². The van der Waals surface area contributed by atoms with E-state index in [0.717, 1.165) is 68.3 Å². The first-order valence-electron chi connectivity index (χ1n) is 12.1. The lowest BCUT2D eigenvalue weighted by Gasteiger charge is -2.37. The Morgan fingerprint density at radius 1 is 1.03 bits per heavy atom. The molecule has 0 bridgehead atoms. The highest BCUT2D eigenvalue weighted by Crippen LogP contribution is 2.35. The number of rotatable bonds is 2. The van der Waals surface area contributed by atoms with E-state index in [0.29, 0.717) is 5.92 Å². The molecule has 0 atom stereocenters. The highest BCUT2D eigenvalue weighted by molar-refractivity contribution is 6.30. The fourth-order valence-corrected chi connectivity index (χ4v) is 4.80. The number of nitrogens with zero attached hydrogens (tertiary/aromatic N) is 4. The molecule has 0 radical (unpaired) electrons. The summed E-state index contributed by atoms with van der Waals surface area (Å²) in [5.41, 5.74) is 3.53. The van der Waals surface area contributed by atoms with E-state index in [-0.39, 0.29) is 6.03 Å². The molecule has 5 rings (SSSR count). The molecule has 2 fully saturated rings. The molecule has 176 valence electrons. The second-order valence-electron chi connectivity index (χ2n) is 8.81. The van der Waals surface area contributed by atoms with Gasteiger partial charge in [-0.05, 0) is 54.7 Å². The molecule has 1 aromatic carbocycles. The molecule has 2 aromatic heterocycles. The molecule has 2 aliphatic rings. The third-order valence-corrected chi connectivity index (χ3v) is 6.59. The summed E-state index contributed by atoms with van der Waals surface area (Å²) in [6.45, 7) is 9.26. The zero-order chi connectivity index (χ0) is 23.2. The van der Waals surface area contributed by atoms with Crippen LogP contribution in [0.3, 0.4) is 0 Å². The average Bonchev–Trinajstić information content (AvgIpc) is 3.25. The maximum atomic E-state index is 12.8. The third kappa shape index (κ3) is 5.33. The van der Waals surface area contributed by atoms with E-state index in [1.807, 2.05) is 46.5 Å². The van der Waals surface area contributed by atoms with E-state index in [4.69, 9.17) is 11.6 Å². The van der Waals surface area contributed by atoms with Crippen LogP contribution in [-0.4, -0.2) is 64.7 Å². The molecule has 4 heterocycles. The summed E-state index contributed by atoms with van der Waals surface area (Å²) in [6, 6.07) is 10.2. The van der Waals surface area contributed by atoms with Gasteiger partial charge in [-0.3, -0.25) is 4.98 Å². The lowest BCUT2D eigenvalue weighted by Crippen LogP contribution is -2.52. The number of piperazine rings is 1. The van der Waals surface area contributed by atoms with Crippen LogP contribution < -0.4 is 5.32 Å². The smallest absolute Gasteiger partial charge is 0.320 e. The van der Waals surface area contributed by atoms with Crippen molar-refractivity contribution in [3.63, 3.8) is 0 Å². The second-order valence-corrected chi connectivity index (χ2v) is 9.25. The first-order chi connectivity index (χ1) is 16.1. The van der Waals surface area contributed by atoms with Crippen molar-refractivity contribution in [1.82, 2.24) is 24.7 Å². The number of urea groups is 1. The van der Waals surface area contributed by atoms with E-state index in [1.54, 1.807) is 0 Å². The molecular weight excluding hydrogens is 434 g/mol. The number of benzene rings is 1. The summed E-state index contributed by atoms with van der Waals surface area (Å²) in [5, 5.41) is 5.28. The minimum atomic E-state index is 0.197. The molecule has 2 aliphatic heterocycles. The molecule has 6 nitrogen and oxygen atoms in total. The van der Waals surface area contributed by atoms with Gasteiger partial charge in [-0.25, -0.2) is 4.79 Å². The molecule has 0 saturated carbocycles. The SMILES string of the molecule is CCC.O=C(N1CCNCC1)N1CCC(c2cn(-c3ccc(Cl)cc3)c3cnccc23)CC1. The Balaban J connectivity index is 0.000000821. The predicted octanol–water partition coefficient (Wildman–Crippen LogP) is 5.30. The number of hydrogen-bond donors (Lipinski definition) is 1. The number of amides is 2. The van der Waals surface area contributed by atoms with Gasteiger partial charge in [-0.15, -0.1) is 0 Å². The first-order valence-corrected chi connectivity index (χ1v) is 12.5. The van der Waals surface area contributed by atoms with Crippen molar-refractivity contribution in [2.24, 2.45) is 0 Å². The maximum Gasteiger partial charge on any atom is 0.320 e. The summed E-state index contributed by atoms with van der Waals surface area (Å²) in [5.74, 6) is 0.440. The maximum absolute atomic E-state index is 12.8. The standard InChI is InChI=1S/C23H26ClN5O.C3H8/c24-18-1-3-19(4-2-18)29-16-21(20-5-8-26-15-22(20)29)17-6-11-27(12-7-17)23(30)28-13-9-25-10-14-28;1-3-2/h1-5,8,15-17,25H,6-7,9-14H2;3H2,1-2H3. The van der Waals surface area contributed by atoms with E-state index in [2.05, 4.69) is 41.0 Å². The van der Waals surface area contributed by atoms with Crippen molar-refractivity contribution in [3.05, 3.63) is 59.5 Å². The van der Waals surface area contributed by atoms with Crippen LogP contribution in [0, 0.1) is 0 Å². The van der Waals surface area contributed by atoms with E-state index in [9.17, 15) is 4.79 Å². The number of nitrogens with one attached hydrogen (secondary N) is 1. The van der Waals surface area contributed by atoms with Crippen molar-refractivity contribution in [2.45, 2.75) is 39.0 Å². The summed E-state index contributed by atoms with van der Waals surface area (Å²) in [7, 11) is 0. The number of fused-ring (bicyclic) bond motifs is 1. The summed E-state index contributed by atoms with van der Waals surface area (Å²) < 4.78 is 2.20. The lowest BCUT2D eigenvalue weighted by molar-refractivity contribution is 0.134. The summed E-state index contributed by atoms with van der Waals surface area (Å²) in [4.78, 5) is 21.2. The molecule has 0 spiro atoms. The Hall–Kier alpha value is -2.57. The molecular formula is C26H34ClN5O. The fraction of sp³-hybridized carbons (Fsp3) is 0.462. The molecule has 0 unspecified atom stereocenters. The molecule has 0 aliphatic carbocycles. The van der Waals surface area contributed by atoms with Crippen LogP contribution in [-0.2, 0) is 0 Å². The van der Waals surface area contributed by atoms with Crippen LogP contribution in [0.5, 0.6) is 0 Å². The third-order valence-electron chi connectivity index (χ3n) is 6.34. The van der Waals surface area contributed by atoms with Gasteiger partial charge in [0.1, 0.15) is 0 Å². The van der Waals surface area contributed by atoms with Crippen molar-refractivity contribution < 1.29 is 4.79 Å². The fourth-order valence-electron chi connectivity index (χ4n) is 4.68. The minimum absolute atomic E-state index is 0.197. The van der Waals surface area contributed by atoms with Gasteiger partial charge in [0.2, 0.25) is 0 Å². The monoisotopic (exact) mass is 467 g/mol. The zero-order valence-corrected chi connectivity index (χ0v) is 20.4. The van der Waals surface area contributed by atoms with Gasteiger partial charge < -0.3 is 19.7 Å². The van der Waals surface area contributed by atoms with E-state index >= 15 is 0 Å². The second kappa shape index (κ2) is 11.0. The lowest BCUT2D eigenvalue weighted by atomic mass is 9.89. The number of likely N-dealkylation sites (tertiary alicyclic amines) is 1. The zero-order valence-electron chi connectivity index (χ0n) is 19.6. The Morgan fingerprint density at radius 2 is 1.67 bits per heavy atom. The number of hydrogen-bond acceptors (Lipinski definition) is 3. The van der Waals surface area contributed by atoms with E-state index < -0.39 is 0 Å². The van der Waals surface area contributed by atoms with Crippen molar-refractivity contribution in [3.8, 4) is 5.69 Å². The summed E-state index contributed by atoms with van der Waals surface area (Å²) in [6.07, 6.45) is 9.26. The van der Waals surface area contributed by atoms with Crippen LogP contribution in [0.4, 0.5) is 4.79 Å². The molecule has 7 heteroatoms. The molecule has 2 amide bonds. The highest BCUT2D eigenvalue weighted by Gasteiger charge is 2.29. The normalized spacial score (nSPS) is 17.1. The van der Waals surface area contributed by atoms with Crippen LogP contribution in [0.1, 0.15) is 44.6 Å². The van der Waals surface area contributed by atoms with Crippen molar-refractivity contribution in [2.75, 3.05) is 39.3 Å². The number of aromatic nitrogens is 2. The Morgan fingerprint density at radius 3 is 2.33 bits per heavy atom. The minimum Gasteiger partial charge on any atom is -0.325 e. The Labute approximate surface area is 201 Å². The van der Waals surface area contributed by atoms with Crippen molar-refractivity contribution >= 4 is 28.5 Å². The van der Waals surface area contributed by atoms with Gasteiger partial charge in [0, 0.05) is 67.8 Å². The average molecular weight is 468 g/mol. The molecule has 1 N–H and O–H groups in total. The van der Waals surface area contributed by atoms with Crippen LogP contribution in [0.15, 0.2) is 48.9 Å². The number of pyridine rings is 1. The topological polar surface area (TPSA) is 53.4 Å². The Kier molecular flexibility index (Phi) is 7.89. The summed E-state index contributed by atoms with van der Waals surface area (Å²) >= 11 is 6.08. The van der Waals surface area contributed by atoms with Gasteiger partial charge in [0.25, 0.3) is 0 Å². The molecule has 3 aromatic rings. The molecule has 33 heavy (non-hydrogen) atoms. The largest absolute Gasteiger partial charge is 0.325 e. The van der Waals surface area contributed by atoms with E-state index in [1.165, 1.54) is 17.4 Å². The predicted molar refractivity (Wildman–Crippen MR) is 135 cm³/mol. The number of carbonyl (C=O) groups excluding carboxylic acids is 1. The van der Waals surface area contributed by atoms with Gasteiger partial charge in [-0.2, -0.15) is 0 Å². The first kappa shape index (κ1) is 23.6. The number of halogens is 1. The van der Waals surface area contributed by atoms with Gasteiger partial charge in [0.05, 0.1) is 11.7 Å². The number of carbonyl (C=O) groups is 1. The Bertz CT molecular complexity index is 1050. The van der Waals surface area contributed by atoms with Crippen LogP contribution in [0.25, 0.3) is 16.6 Å². The molecule has 2 saturated heterocycles. The highest BCUT2D eigenvalue weighted by atomic mass is 35.5. The van der Waals surface area contributed by atoms with Crippen LogP contribution >= 0.6 is 11.6 Å². The van der Waals surface area contributed by atoms with Gasteiger partial charge in [0.15, 0.2) is 0 Å². The van der Waals surface area contributed by atoms with Gasteiger partial charge >= 0.3 is 6.03 Å². The quantitative estimate of drug-likeness (QED) is 0.556. The van der Waals surface area contributed by atoms with Gasteiger partial charge in [-0.1, -0.05) is 31.9 Å². The van der Waals surface area contributed by atoms with Crippen LogP contribution in [0.2, 0.25) is 5.02 Å².